The lowest BCUT2D eigenvalue weighted by molar-refractivity contribution is -0.124. The number of anilines is 1. The molecule has 1 aliphatic heterocycles. The molecule has 4 rings (SSSR count). The van der Waals surface area contributed by atoms with E-state index in [2.05, 4.69) is 70.7 Å². The van der Waals surface area contributed by atoms with Crippen LogP contribution in [0.3, 0.4) is 0 Å². The highest BCUT2D eigenvalue weighted by atomic mass is 16.1. The maximum atomic E-state index is 13.4. The Labute approximate surface area is 186 Å². The van der Waals surface area contributed by atoms with Crippen molar-refractivity contribution in [3.05, 3.63) is 41.1 Å². The van der Waals surface area contributed by atoms with Crippen molar-refractivity contribution >= 4 is 23.0 Å². The van der Waals surface area contributed by atoms with Crippen molar-refractivity contribution in [2.75, 3.05) is 18.0 Å². The van der Waals surface area contributed by atoms with E-state index in [1.807, 2.05) is 0 Å². The maximum absolute atomic E-state index is 13.4. The van der Waals surface area contributed by atoms with E-state index in [0.717, 1.165) is 48.5 Å². The molecule has 2 atom stereocenters. The molecule has 166 valence electrons. The number of nitrogens with zero attached hydrogens (tertiary/aromatic N) is 2. The number of allylic oxidation sites excluding steroid dienone is 2. The van der Waals surface area contributed by atoms with E-state index in [1.54, 1.807) is 0 Å². The number of carbonyl (C=O) groups is 2. The Hall–Kier alpha value is -2.23. The SMILES string of the molecule is CCN(CC)c1ccc([C@H]2C3=C(CC(C)(C)CC3=O)N=C3CC(C)(C)CC(=O)C32)cc1. The fourth-order valence-corrected chi connectivity index (χ4v) is 5.85. The Balaban J connectivity index is 1.83. The Morgan fingerprint density at radius 1 is 0.871 bits per heavy atom. The largest absolute Gasteiger partial charge is 0.372 e. The minimum atomic E-state index is -0.295. The molecule has 1 unspecified atom stereocenters. The normalized spacial score (nSPS) is 26.8. The number of carbonyl (C=O) groups excluding carboxylic acids is 2. The van der Waals surface area contributed by atoms with Crippen LogP contribution in [0, 0.1) is 16.7 Å². The topological polar surface area (TPSA) is 49.7 Å². The van der Waals surface area contributed by atoms with Crippen LogP contribution in [0.4, 0.5) is 5.69 Å². The molecule has 31 heavy (non-hydrogen) atoms. The molecule has 3 aliphatic rings. The third-order valence-electron chi connectivity index (χ3n) is 7.22. The van der Waals surface area contributed by atoms with Crippen molar-refractivity contribution in [3.8, 4) is 0 Å². The second kappa shape index (κ2) is 7.72. The fraction of sp³-hybridized carbons (Fsp3) is 0.593. The summed E-state index contributed by atoms with van der Waals surface area (Å²) in [4.78, 5) is 34.1. The molecule has 1 aromatic carbocycles. The van der Waals surface area contributed by atoms with Crippen LogP contribution in [0.5, 0.6) is 0 Å². The van der Waals surface area contributed by atoms with Crippen molar-refractivity contribution in [3.63, 3.8) is 0 Å². The zero-order chi connectivity index (χ0) is 22.6. The van der Waals surface area contributed by atoms with E-state index in [1.165, 1.54) is 5.69 Å². The van der Waals surface area contributed by atoms with Gasteiger partial charge in [0.1, 0.15) is 5.78 Å². The average molecular weight is 421 g/mol. The number of ketones is 2. The van der Waals surface area contributed by atoms with Crippen molar-refractivity contribution < 1.29 is 9.59 Å². The van der Waals surface area contributed by atoms with Gasteiger partial charge in [-0.25, -0.2) is 0 Å². The molecule has 1 saturated carbocycles. The summed E-state index contributed by atoms with van der Waals surface area (Å²) in [5.74, 6) is -0.0850. The van der Waals surface area contributed by atoms with Crippen molar-refractivity contribution in [1.29, 1.82) is 0 Å². The molecular formula is C27H36N2O2. The number of hydrogen-bond acceptors (Lipinski definition) is 4. The van der Waals surface area contributed by atoms with Gasteiger partial charge in [-0.1, -0.05) is 39.8 Å². The number of rotatable bonds is 4. The van der Waals surface area contributed by atoms with E-state index in [4.69, 9.17) is 4.99 Å². The number of benzene rings is 1. The van der Waals surface area contributed by atoms with Gasteiger partial charge in [-0.05, 0) is 55.2 Å². The molecule has 1 aromatic rings. The number of Topliss-reactive ketones (excluding diaryl/α,β-unsaturated/α-hetero) is 2. The number of aliphatic imine (C=N–C) groups is 1. The first-order valence-corrected chi connectivity index (χ1v) is 11.8. The highest BCUT2D eigenvalue weighted by molar-refractivity contribution is 6.13. The van der Waals surface area contributed by atoms with Gasteiger partial charge in [-0.3, -0.25) is 14.6 Å². The van der Waals surface area contributed by atoms with Crippen LogP contribution in [0.2, 0.25) is 0 Å². The van der Waals surface area contributed by atoms with Crippen LogP contribution in [0.25, 0.3) is 0 Å². The van der Waals surface area contributed by atoms with Crippen molar-refractivity contribution in [2.24, 2.45) is 21.7 Å². The van der Waals surface area contributed by atoms with Crippen LogP contribution >= 0.6 is 0 Å². The van der Waals surface area contributed by atoms with Crippen molar-refractivity contribution in [2.45, 2.75) is 73.1 Å². The molecule has 0 amide bonds. The number of hydrogen-bond donors (Lipinski definition) is 0. The first kappa shape index (κ1) is 22.0. The lowest BCUT2D eigenvalue weighted by Gasteiger charge is -2.44. The predicted octanol–water partition coefficient (Wildman–Crippen LogP) is 5.72. The fourth-order valence-electron chi connectivity index (χ4n) is 5.85. The zero-order valence-electron chi connectivity index (χ0n) is 19.9. The van der Waals surface area contributed by atoms with Gasteiger partial charge < -0.3 is 4.90 Å². The summed E-state index contributed by atoms with van der Waals surface area (Å²) in [6.07, 6.45) is 2.69. The third kappa shape index (κ3) is 4.02. The van der Waals surface area contributed by atoms with Gasteiger partial charge in [0, 0.05) is 54.5 Å². The highest BCUT2D eigenvalue weighted by Crippen LogP contribution is 2.51. The lowest BCUT2D eigenvalue weighted by Crippen LogP contribution is -2.45. The molecule has 0 N–H and O–H groups in total. The summed E-state index contributed by atoms with van der Waals surface area (Å²) >= 11 is 0. The Morgan fingerprint density at radius 2 is 1.48 bits per heavy atom. The van der Waals surface area contributed by atoms with Gasteiger partial charge in [0.2, 0.25) is 0 Å². The molecule has 0 radical (unpaired) electrons. The first-order chi connectivity index (χ1) is 14.5. The Kier molecular flexibility index (Phi) is 5.47. The van der Waals surface area contributed by atoms with E-state index in [-0.39, 0.29) is 34.2 Å². The monoisotopic (exact) mass is 420 g/mol. The van der Waals surface area contributed by atoms with Gasteiger partial charge in [0.25, 0.3) is 0 Å². The molecular weight excluding hydrogens is 384 g/mol. The first-order valence-electron chi connectivity index (χ1n) is 11.8. The molecule has 0 aromatic heterocycles. The second-order valence-corrected chi connectivity index (χ2v) is 11.1. The van der Waals surface area contributed by atoms with Crippen LogP contribution in [-0.4, -0.2) is 30.4 Å². The Bertz CT molecular complexity index is 961. The molecule has 1 fully saturated rings. The molecule has 1 heterocycles. The van der Waals surface area contributed by atoms with Gasteiger partial charge in [-0.2, -0.15) is 0 Å². The lowest BCUT2D eigenvalue weighted by atomic mass is 9.60. The summed E-state index contributed by atoms with van der Waals surface area (Å²) in [5.41, 5.74) is 4.81. The minimum Gasteiger partial charge on any atom is -0.372 e. The zero-order valence-corrected chi connectivity index (χ0v) is 19.9. The summed E-state index contributed by atoms with van der Waals surface area (Å²) in [5, 5.41) is 0. The predicted molar refractivity (Wildman–Crippen MR) is 127 cm³/mol. The van der Waals surface area contributed by atoms with Gasteiger partial charge >= 0.3 is 0 Å². The third-order valence-corrected chi connectivity index (χ3v) is 7.22. The maximum Gasteiger partial charge on any atom is 0.161 e. The van der Waals surface area contributed by atoms with Gasteiger partial charge in [0.15, 0.2) is 5.78 Å². The van der Waals surface area contributed by atoms with Gasteiger partial charge in [-0.15, -0.1) is 0 Å². The van der Waals surface area contributed by atoms with E-state index < -0.39 is 0 Å². The van der Waals surface area contributed by atoms with E-state index in [0.29, 0.717) is 12.8 Å². The minimum absolute atomic E-state index is 0.0736. The smallest absolute Gasteiger partial charge is 0.161 e. The van der Waals surface area contributed by atoms with Crippen LogP contribution in [0.15, 0.2) is 40.5 Å². The quantitative estimate of drug-likeness (QED) is 0.626. The van der Waals surface area contributed by atoms with Gasteiger partial charge in [0.05, 0.1) is 5.92 Å². The number of fused-ring (bicyclic) bond motifs is 1. The summed E-state index contributed by atoms with van der Waals surface area (Å²) < 4.78 is 0. The summed E-state index contributed by atoms with van der Waals surface area (Å²) in [7, 11) is 0. The van der Waals surface area contributed by atoms with E-state index in [9.17, 15) is 9.59 Å². The highest BCUT2D eigenvalue weighted by Gasteiger charge is 2.49. The standard InChI is InChI=1S/C27H36N2O2/c1-7-29(8-2)18-11-9-17(10-12-18)23-24-19(13-26(3,4)15-21(24)30)28-20-14-27(5,6)16-22(31)25(20)23/h9-12,23-24H,7-8,13-16H2,1-6H3/t23-,24?/m1/s1. The summed E-state index contributed by atoms with van der Waals surface area (Å²) in [6.45, 7) is 14.8. The molecule has 4 heteroatoms. The average Bonchev–Trinajstić information content (AvgIpc) is 2.66. The molecule has 0 bridgehead atoms. The molecule has 0 spiro atoms. The van der Waals surface area contributed by atoms with Crippen LogP contribution < -0.4 is 4.90 Å². The Morgan fingerprint density at radius 3 is 2.10 bits per heavy atom. The van der Waals surface area contributed by atoms with E-state index >= 15 is 0 Å². The molecule has 0 saturated heterocycles. The van der Waals surface area contributed by atoms with Crippen LogP contribution in [-0.2, 0) is 9.59 Å². The molecule has 4 nitrogen and oxygen atoms in total. The second-order valence-electron chi connectivity index (χ2n) is 11.1. The van der Waals surface area contributed by atoms with Crippen LogP contribution in [0.1, 0.15) is 78.7 Å². The summed E-state index contributed by atoms with van der Waals surface area (Å²) in [6, 6.07) is 8.54. The van der Waals surface area contributed by atoms with Crippen molar-refractivity contribution in [1.82, 2.24) is 0 Å². The molecule has 2 aliphatic carbocycles.